The van der Waals surface area contributed by atoms with Crippen LogP contribution in [-0.2, 0) is 4.43 Å². The van der Waals surface area contributed by atoms with Crippen LogP contribution < -0.4 is 4.74 Å². The molecule has 0 radical (unpaired) electrons. The lowest BCUT2D eigenvalue weighted by molar-refractivity contribution is 0.0778. The zero-order chi connectivity index (χ0) is 26.5. The van der Waals surface area contributed by atoms with Crippen LogP contribution >= 0.6 is 0 Å². The number of likely N-dealkylation sites (N-methyl/N-ethyl adjacent to an activating group) is 1. The number of aromatic nitrogens is 4. The summed E-state index contributed by atoms with van der Waals surface area (Å²) in [6.45, 7) is 12.1. The Balaban J connectivity index is 1.81. The summed E-state index contributed by atoms with van der Waals surface area (Å²) in [5, 5.41) is 11.3. The zero-order valence-corrected chi connectivity index (χ0v) is 23.2. The summed E-state index contributed by atoms with van der Waals surface area (Å²) in [6.07, 6.45) is 2.17. The first-order chi connectivity index (χ1) is 16.9. The predicted octanol–water partition coefficient (Wildman–Crippen LogP) is 5.08. The van der Waals surface area contributed by atoms with Crippen LogP contribution in [0.1, 0.15) is 49.0 Å². The fourth-order valence-electron chi connectivity index (χ4n) is 3.68. The number of hydrogen-bond donors (Lipinski definition) is 0. The molecule has 1 aromatic heterocycles. The summed E-state index contributed by atoms with van der Waals surface area (Å²) < 4.78 is 27.0. The Morgan fingerprint density at radius 1 is 1.17 bits per heavy atom. The minimum Gasteiger partial charge on any atom is -0.496 e. The number of methoxy groups -OCH3 is 1. The average molecular weight is 514 g/mol. The number of rotatable bonds is 10. The van der Waals surface area contributed by atoms with Crippen molar-refractivity contribution in [2.45, 2.75) is 51.2 Å². The lowest BCUT2D eigenvalue weighted by Gasteiger charge is -2.36. The van der Waals surface area contributed by atoms with E-state index in [0.717, 1.165) is 5.56 Å². The molecule has 0 aliphatic carbocycles. The first-order valence-corrected chi connectivity index (χ1v) is 14.9. The van der Waals surface area contributed by atoms with Crippen molar-refractivity contribution in [1.29, 1.82) is 0 Å². The number of tetrazole rings is 1. The topological polar surface area (TPSA) is 82.4 Å². The monoisotopic (exact) mass is 513 g/mol. The van der Waals surface area contributed by atoms with Crippen LogP contribution in [0.4, 0.5) is 4.39 Å². The van der Waals surface area contributed by atoms with Crippen LogP contribution in [0.3, 0.4) is 0 Å². The molecule has 3 aromatic rings. The molecule has 0 bridgehead atoms. The lowest BCUT2D eigenvalue weighted by atomic mass is 9.95. The number of hydrogen-bond acceptors (Lipinski definition) is 6. The Kier molecular flexibility index (Phi) is 8.62. The number of amides is 1. The molecule has 1 unspecified atom stereocenters. The van der Waals surface area contributed by atoms with Gasteiger partial charge in [-0.15, -0.1) is 5.10 Å². The minimum absolute atomic E-state index is 0.0296. The molecular formula is C26H36FN5O3Si. The van der Waals surface area contributed by atoms with Gasteiger partial charge in [-0.25, -0.2) is 9.07 Å². The molecule has 8 nitrogen and oxygen atoms in total. The number of nitrogens with zero attached hydrogens (tertiary/aromatic N) is 5. The molecule has 1 heterocycles. The van der Waals surface area contributed by atoms with Crippen molar-refractivity contribution in [3.05, 3.63) is 65.7 Å². The normalized spacial score (nSPS) is 12.9. The molecule has 194 valence electrons. The third-order valence-electron chi connectivity index (χ3n) is 6.94. The molecule has 1 atom stereocenters. The molecule has 10 heteroatoms. The molecule has 0 aliphatic heterocycles. The van der Waals surface area contributed by atoms with Crippen LogP contribution in [0.25, 0.3) is 5.69 Å². The molecule has 0 N–H and O–H groups in total. The highest BCUT2D eigenvalue weighted by Gasteiger charge is 2.37. The van der Waals surface area contributed by atoms with Gasteiger partial charge >= 0.3 is 0 Å². The average Bonchev–Trinajstić information content (AvgIpc) is 3.37. The van der Waals surface area contributed by atoms with E-state index >= 15 is 0 Å². The van der Waals surface area contributed by atoms with Gasteiger partial charge in [-0.3, -0.25) is 4.79 Å². The third kappa shape index (κ3) is 6.55. The first kappa shape index (κ1) is 27.5. The molecule has 0 aliphatic rings. The Bertz CT molecular complexity index is 1150. The number of benzene rings is 2. The summed E-state index contributed by atoms with van der Waals surface area (Å²) in [4.78, 5) is 15.2. The summed E-state index contributed by atoms with van der Waals surface area (Å²) in [5.74, 6) is -0.0518. The van der Waals surface area contributed by atoms with E-state index in [9.17, 15) is 9.18 Å². The van der Waals surface area contributed by atoms with Crippen LogP contribution in [0, 0.1) is 5.82 Å². The van der Waals surface area contributed by atoms with Gasteiger partial charge in [-0.1, -0.05) is 32.9 Å². The van der Waals surface area contributed by atoms with Gasteiger partial charge in [-0.2, -0.15) is 0 Å². The van der Waals surface area contributed by atoms with Gasteiger partial charge in [0.05, 0.1) is 18.4 Å². The molecule has 0 saturated carbocycles. The molecule has 0 fully saturated rings. The van der Waals surface area contributed by atoms with Crippen molar-refractivity contribution in [3.63, 3.8) is 0 Å². The SMILES string of the molecule is COc1ccc(-n2cnnn2)cc1C(=O)N(C)CC(CCO[Si](C)(C)C(C)(C)C)c1ccc(F)cc1. The quantitative estimate of drug-likeness (QED) is 0.352. The van der Waals surface area contributed by atoms with Crippen LogP contribution in [0.2, 0.25) is 18.1 Å². The van der Waals surface area contributed by atoms with Gasteiger partial charge in [-0.05, 0) is 70.9 Å². The Labute approximate surface area is 213 Å². The number of carbonyl (C=O) groups is 1. The van der Waals surface area contributed by atoms with E-state index in [-0.39, 0.29) is 22.7 Å². The zero-order valence-electron chi connectivity index (χ0n) is 22.2. The molecule has 1 amide bonds. The molecular weight excluding hydrogens is 477 g/mol. The Morgan fingerprint density at radius 2 is 1.86 bits per heavy atom. The van der Waals surface area contributed by atoms with Gasteiger partial charge in [0, 0.05) is 26.1 Å². The fourth-order valence-corrected chi connectivity index (χ4v) is 4.74. The van der Waals surface area contributed by atoms with E-state index in [4.69, 9.17) is 9.16 Å². The molecule has 3 rings (SSSR count). The Morgan fingerprint density at radius 3 is 2.44 bits per heavy atom. The highest BCUT2D eigenvalue weighted by molar-refractivity contribution is 6.74. The summed E-state index contributed by atoms with van der Waals surface area (Å²) >= 11 is 0. The van der Waals surface area contributed by atoms with E-state index in [0.29, 0.717) is 36.6 Å². The summed E-state index contributed by atoms with van der Waals surface area (Å²) in [6, 6.07) is 11.7. The fraction of sp³-hybridized carbons (Fsp3) is 0.462. The van der Waals surface area contributed by atoms with E-state index in [1.165, 1.54) is 30.3 Å². The maximum absolute atomic E-state index is 13.6. The minimum atomic E-state index is -1.92. The molecule has 0 spiro atoms. The lowest BCUT2D eigenvalue weighted by Crippen LogP contribution is -2.41. The van der Waals surface area contributed by atoms with Gasteiger partial charge < -0.3 is 14.1 Å². The van der Waals surface area contributed by atoms with Crippen LogP contribution in [0.5, 0.6) is 5.75 Å². The van der Waals surface area contributed by atoms with Crippen molar-refractivity contribution in [2.75, 3.05) is 27.3 Å². The van der Waals surface area contributed by atoms with Crippen molar-refractivity contribution in [1.82, 2.24) is 25.1 Å². The van der Waals surface area contributed by atoms with Crippen molar-refractivity contribution in [2.24, 2.45) is 0 Å². The maximum Gasteiger partial charge on any atom is 0.257 e. The summed E-state index contributed by atoms with van der Waals surface area (Å²) in [7, 11) is 1.37. The highest BCUT2D eigenvalue weighted by atomic mass is 28.4. The van der Waals surface area contributed by atoms with Gasteiger partial charge in [0.25, 0.3) is 5.91 Å². The first-order valence-electron chi connectivity index (χ1n) is 12.0. The van der Waals surface area contributed by atoms with Crippen molar-refractivity contribution >= 4 is 14.2 Å². The third-order valence-corrected chi connectivity index (χ3v) is 11.5. The van der Waals surface area contributed by atoms with Crippen molar-refractivity contribution in [3.8, 4) is 11.4 Å². The van der Waals surface area contributed by atoms with Gasteiger partial charge in [0.15, 0.2) is 8.32 Å². The second-order valence-corrected chi connectivity index (χ2v) is 15.3. The van der Waals surface area contributed by atoms with Crippen LogP contribution in [0.15, 0.2) is 48.8 Å². The number of ether oxygens (including phenoxy) is 1. The standard InChI is InChI=1S/C26H36FN5O3Si/c1-26(2,3)36(6,7)35-15-14-20(19-8-10-21(27)11-9-19)17-31(4)25(33)23-16-22(12-13-24(23)34-5)32-18-28-29-30-32/h8-13,16,18,20H,14-15,17H2,1-7H3. The molecule has 36 heavy (non-hydrogen) atoms. The Hall–Kier alpha value is -3.11. The summed E-state index contributed by atoms with van der Waals surface area (Å²) in [5.41, 5.74) is 2.02. The van der Waals surface area contributed by atoms with E-state index in [2.05, 4.69) is 49.4 Å². The van der Waals surface area contributed by atoms with Gasteiger partial charge in [0.1, 0.15) is 17.9 Å². The second-order valence-electron chi connectivity index (χ2n) is 10.5. The number of carbonyl (C=O) groups excluding carboxylic acids is 1. The van der Waals surface area contributed by atoms with E-state index < -0.39 is 8.32 Å². The van der Waals surface area contributed by atoms with Crippen molar-refractivity contribution < 1.29 is 18.3 Å². The molecule has 0 saturated heterocycles. The van der Waals surface area contributed by atoms with E-state index in [1.807, 2.05) is 0 Å². The largest absolute Gasteiger partial charge is 0.496 e. The highest BCUT2D eigenvalue weighted by Crippen LogP contribution is 2.37. The predicted molar refractivity (Wildman–Crippen MR) is 140 cm³/mol. The van der Waals surface area contributed by atoms with Crippen LogP contribution in [-0.4, -0.2) is 66.6 Å². The second kappa shape index (κ2) is 11.3. The maximum atomic E-state index is 13.6. The number of halogens is 1. The smallest absolute Gasteiger partial charge is 0.257 e. The van der Waals surface area contributed by atoms with E-state index in [1.54, 1.807) is 42.3 Å². The molecule has 2 aromatic carbocycles. The van der Waals surface area contributed by atoms with Gasteiger partial charge in [0.2, 0.25) is 0 Å².